The van der Waals surface area contributed by atoms with E-state index in [1.54, 1.807) is 36.0 Å². The van der Waals surface area contributed by atoms with Gasteiger partial charge in [-0.25, -0.2) is 0 Å². The smallest absolute Gasteiger partial charge is 0.238 e. The lowest BCUT2D eigenvalue weighted by atomic mass is 10.1. The number of nitrogens with one attached hydrogen (secondary N) is 1. The molecule has 0 saturated carbocycles. The number of carbonyl (C=O) groups excluding carboxylic acids is 2. The fourth-order valence-corrected chi connectivity index (χ4v) is 2.74. The van der Waals surface area contributed by atoms with Gasteiger partial charge in [0, 0.05) is 22.7 Å². The van der Waals surface area contributed by atoms with Crippen LogP contribution in [-0.2, 0) is 11.3 Å². The van der Waals surface area contributed by atoms with Gasteiger partial charge in [0.15, 0.2) is 5.78 Å². The lowest BCUT2D eigenvalue weighted by Crippen LogP contribution is -2.29. The van der Waals surface area contributed by atoms with E-state index in [1.165, 1.54) is 17.4 Å². The van der Waals surface area contributed by atoms with Gasteiger partial charge < -0.3 is 5.32 Å². The standard InChI is InChI=1S/C19H22N2O2S/c1-14(22)16-6-8-17(9-7-16)20-19(23)13-21(2)12-15-4-10-18(24-3)11-5-15/h4-11H,12-13H2,1-3H3,(H,20,23). The second kappa shape index (κ2) is 8.66. The third-order valence-corrected chi connectivity index (χ3v) is 4.34. The Balaban J connectivity index is 1.85. The number of Topliss-reactive ketones (excluding diaryl/α,β-unsaturated/α-hetero) is 1. The number of amides is 1. The molecule has 0 aliphatic carbocycles. The van der Waals surface area contributed by atoms with Crippen LogP contribution in [0.25, 0.3) is 0 Å². The van der Waals surface area contributed by atoms with Gasteiger partial charge in [-0.15, -0.1) is 11.8 Å². The second-order valence-electron chi connectivity index (χ2n) is 5.70. The summed E-state index contributed by atoms with van der Waals surface area (Å²) < 4.78 is 0. The van der Waals surface area contributed by atoms with Crippen LogP contribution in [-0.4, -0.2) is 36.4 Å². The molecule has 0 unspecified atom stereocenters. The summed E-state index contributed by atoms with van der Waals surface area (Å²) >= 11 is 1.71. The molecule has 0 saturated heterocycles. The molecule has 0 aliphatic rings. The summed E-state index contributed by atoms with van der Waals surface area (Å²) in [5, 5.41) is 2.85. The van der Waals surface area contributed by atoms with Gasteiger partial charge in [-0.05, 0) is 62.2 Å². The Morgan fingerprint density at radius 3 is 2.21 bits per heavy atom. The average molecular weight is 342 g/mol. The summed E-state index contributed by atoms with van der Waals surface area (Å²) in [6.45, 7) is 2.54. The molecule has 1 N–H and O–H groups in total. The van der Waals surface area contributed by atoms with Crippen LogP contribution in [0.4, 0.5) is 5.69 Å². The van der Waals surface area contributed by atoms with Crippen molar-refractivity contribution in [3.05, 3.63) is 59.7 Å². The van der Waals surface area contributed by atoms with E-state index >= 15 is 0 Å². The highest BCUT2D eigenvalue weighted by Gasteiger charge is 2.08. The van der Waals surface area contributed by atoms with Gasteiger partial charge in [0.2, 0.25) is 5.91 Å². The number of rotatable bonds is 7. The average Bonchev–Trinajstić information content (AvgIpc) is 2.55. The molecular weight excluding hydrogens is 320 g/mol. The number of carbonyl (C=O) groups is 2. The van der Waals surface area contributed by atoms with Crippen molar-refractivity contribution in [3.8, 4) is 0 Å². The van der Waals surface area contributed by atoms with Crippen molar-refractivity contribution in [1.29, 1.82) is 0 Å². The summed E-state index contributed by atoms with van der Waals surface area (Å²) in [4.78, 5) is 26.5. The molecular formula is C19H22N2O2S. The molecule has 0 fully saturated rings. The first-order valence-corrected chi connectivity index (χ1v) is 8.92. The number of nitrogens with zero attached hydrogens (tertiary/aromatic N) is 1. The Labute approximate surface area is 147 Å². The highest BCUT2D eigenvalue weighted by atomic mass is 32.2. The van der Waals surface area contributed by atoms with Gasteiger partial charge in [-0.3, -0.25) is 14.5 Å². The SMILES string of the molecule is CSc1ccc(CN(C)CC(=O)Nc2ccc(C(C)=O)cc2)cc1. The van der Waals surface area contributed by atoms with Gasteiger partial charge in [0.25, 0.3) is 0 Å². The van der Waals surface area contributed by atoms with Crippen LogP contribution in [0, 0.1) is 0 Å². The van der Waals surface area contributed by atoms with Gasteiger partial charge in [0.05, 0.1) is 6.54 Å². The monoisotopic (exact) mass is 342 g/mol. The number of likely N-dealkylation sites (N-methyl/N-ethyl adjacent to an activating group) is 1. The minimum Gasteiger partial charge on any atom is -0.325 e. The predicted octanol–water partition coefficient (Wildman–Crippen LogP) is 3.68. The predicted molar refractivity (Wildman–Crippen MR) is 99.6 cm³/mol. The lowest BCUT2D eigenvalue weighted by molar-refractivity contribution is -0.117. The normalized spacial score (nSPS) is 10.7. The Bertz CT molecular complexity index is 696. The summed E-state index contributed by atoms with van der Waals surface area (Å²) in [5.74, 6) is -0.0612. The molecule has 5 heteroatoms. The quantitative estimate of drug-likeness (QED) is 0.616. The van der Waals surface area contributed by atoms with Crippen LogP contribution < -0.4 is 5.32 Å². The van der Waals surface area contributed by atoms with E-state index in [9.17, 15) is 9.59 Å². The van der Waals surface area contributed by atoms with Crippen molar-refractivity contribution in [3.63, 3.8) is 0 Å². The molecule has 2 aromatic carbocycles. The van der Waals surface area contributed by atoms with Crippen LogP contribution in [0.3, 0.4) is 0 Å². The largest absolute Gasteiger partial charge is 0.325 e. The van der Waals surface area contributed by atoms with E-state index in [2.05, 4.69) is 35.8 Å². The maximum atomic E-state index is 12.1. The molecule has 24 heavy (non-hydrogen) atoms. The molecule has 0 spiro atoms. The van der Waals surface area contributed by atoms with Gasteiger partial charge in [-0.2, -0.15) is 0 Å². The van der Waals surface area contributed by atoms with Crippen molar-refractivity contribution < 1.29 is 9.59 Å². The third kappa shape index (κ3) is 5.51. The fourth-order valence-electron chi connectivity index (χ4n) is 2.33. The van der Waals surface area contributed by atoms with E-state index in [1.807, 2.05) is 11.9 Å². The second-order valence-corrected chi connectivity index (χ2v) is 6.58. The maximum Gasteiger partial charge on any atom is 0.238 e. The van der Waals surface area contributed by atoms with Gasteiger partial charge >= 0.3 is 0 Å². The number of anilines is 1. The number of hydrogen-bond acceptors (Lipinski definition) is 4. The van der Waals surface area contributed by atoms with Crippen molar-refractivity contribution >= 4 is 29.1 Å². The van der Waals surface area contributed by atoms with Gasteiger partial charge in [0.1, 0.15) is 0 Å². The van der Waals surface area contributed by atoms with E-state index in [4.69, 9.17) is 0 Å². The number of thioether (sulfide) groups is 1. The molecule has 2 rings (SSSR count). The summed E-state index contributed by atoms with van der Waals surface area (Å²) in [6, 6.07) is 15.3. The Hall–Kier alpha value is -2.11. The minimum atomic E-state index is -0.0752. The van der Waals surface area contributed by atoms with Crippen LogP contribution in [0.2, 0.25) is 0 Å². The van der Waals surface area contributed by atoms with Crippen molar-refractivity contribution in [2.45, 2.75) is 18.4 Å². The third-order valence-electron chi connectivity index (χ3n) is 3.60. The van der Waals surface area contributed by atoms with Gasteiger partial charge in [-0.1, -0.05) is 12.1 Å². The van der Waals surface area contributed by atoms with Crippen LogP contribution >= 0.6 is 11.8 Å². The first kappa shape index (κ1) is 18.2. The highest BCUT2D eigenvalue weighted by Crippen LogP contribution is 2.15. The summed E-state index contributed by atoms with van der Waals surface area (Å²) in [6.07, 6.45) is 2.05. The lowest BCUT2D eigenvalue weighted by Gasteiger charge is -2.16. The van der Waals surface area contributed by atoms with Crippen LogP contribution in [0.5, 0.6) is 0 Å². The molecule has 1 amide bonds. The molecule has 0 aliphatic heterocycles. The zero-order chi connectivity index (χ0) is 17.5. The molecule has 0 aromatic heterocycles. The van der Waals surface area contributed by atoms with Crippen LogP contribution in [0.15, 0.2) is 53.4 Å². The highest BCUT2D eigenvalue weighted by molar-refractivity contribution is 7.98. The fraction of sp³-hybridized carbons (Fsp3) is 0.263. The van der Waals surface area contributed by atoms with E-state index in [0.717, 1.165) is 0 Å². The molecule has 0 heterocycles. The summed E-state index contributed by atoms with van der Waals surface area (Å²) in [7, 11) is 1.92. The summed E-state index contributed by atoms with van der Waals surface area (Å²) in [5.41, 5.74) is 2.51. The topological polar surface area (TPSA) is 49.4 Å². The Morgan fingerprint density at radius 2 is 1.67 bits per heavy atom. The zero-order valence-corrected chi connectivity index (χ0v) is 15.0. The van der Waals surface area contributed by atoms with E-state index < -0.39 is 0 Å². The first-order valence-electron chi connectivity index (χ1n) is 7.70. The Kier molecular flexibility index (Phi) is 6.58. The molecule has 2 aromatic rings. The van der Waals surface area contributed by atoms with E-state index in [-0.39, 0.29) is 11.7 Å². The molecule has 0 atom stereocenters. The Morgan fingerprint density at radius 1 is 1.04 bits per heavy atom. The number of benzene rings is 2. The number of ketones is 1. The zero-order valence-electron chi connectivity index (χ0n) is 14.2. The maximum absolute atomic E-state index is 12.1. The first-order chi connectivity index (χ1) is 11.5. The number of hydrogen-bond donors (Lipinski definition) is 1. The van der Waals surface area contributed by atoms with Crippen molar-refractivity contribution in [2.75, 3.05) is 25.2 Å². The molecule has 126 valence electrons. The molecule has 0 radical (unpaired) electrons. The van der Waals surface area contributed by atoms with Crippen molar-refractivity contribution in [1.82, 2.24) is 4.90 Å². The van der Waals surface area contributed by atoms with Crippen LogP contribution in [0.1, 0.15) is 22.8 Å². The van der Waals surface area contributed by atoms with E-state index in [0.29, 0.717) is 24.3 Å². The molecule has 4 nitrogen and oxygen atoms in total. The molecule has 0 bridgehead atoms. The van der Waals surface area contributed by atoms with Crippen molar-refractivity contribution in [2.24, 2.45) is 0 Å². The minimum absolute atomic E-state index is 0.0140.